The Kier molecular flexibility index (Phi) is 5.50. The molecule has 0 atom stereocenters. The third-order valence-electron chi connectivity index (χ3n) is 5.41. The number of nitrogens with zero attached hydrogens (tertiary/aromatic N) is 8. The van der Waals surface area contributed by atoms with Crippen molar-refractivity contribution in [3.63, 3.8) is 0 Å². The third kappa shape index (κ3) is 4.55. The lowest BCUT2D eigenvalue weighted by Crippen LogP contribution is -2.46. The van der Waals surface area contributed by atoms with Gasteiger partial charge in [0, 0.05) is 31.7 Å². The quantitative estimate of drug-likeness (QED) is 0.453. The van der Waals surface area contributed by atoms with Crippen LogP contribution < -0.4 is 4.90 Å². The molecule has 3 heterocycles. The van der Waals surface area contributed by atoms with Gasteiger partial charge in [0.25, 0.3) is 0 Å². The molecule has 1 aliphatic rings. The zero-order chi connectivity index (χ0) is 22.8. The van der Waals surface area contributed by atoms with Gasteiger partial charge >= 0.3 is 6.18 Å². The van der Waals surface area contributed by atoms with Crippen molar-refractivity contribution in [3.05, 3.63) is 66.1 Å². The molecule has 0 amide bonds. The Morgan fingerprint density at radius 2 is 1.64 bits per heavy atom. The second-order valence-electron chi connectivity index (χ2n) is 7.58. The Labute approximate surface area is 186 Å². The van der Waals surface area contributed by atoms with E-state index in [0.29, 0.717) is 37.0 Å². The number of hydrogen-bond acceptors (Lipinski definition) is 8. The number of piperazine rings is 1. The minimum atomic E-state index is -4.38. The minimum Gasteiger partial charge on any atom is -0.338 e. The maximum Gasteiger partial charge on any atom is 0.416 e. The Hall–Kier alpha value is -3.80. The molecule has 1 saturated heterocycles. The van der Waals surface area contributed by atoms with E-state index >= 15 is 0 Å². The highest BCUT2D eigenvalue weighted by Gasteiger charge is 2.30. The summed E-state index contributed by atoms with van der Waals surface area (Å²) in [6.45, 7) is 3.35. The van der Waals surface area contributed by atoms with Crippen LogP contribution in [0.15, 0.2) is 59.1 Å². The van der Waals surface area contributed by atoms with Crippen LogP contribution in [0.3, 0.4) is 0 Å². The first-order valence-corrected chi connectivity index (χ1v) is 10.3. The number of hydrogen-bond donors (Lipinski definition) is 0. The molecule has 1 aliphatic heterocycles. The highest BCUT2D eigenvalue weighted by Crippen LogP contribution is 2.30. The van der Waals surface area contributed by atoms with Crippen molar-refractivity contribution < 1.29 is 17.7 Å². The van der Waals surface area contributed by atoms with Gasteiger partial charge < -0.3 is 9.42 Å². The van der Waals surface area contributed by atoms with Crippen molar-refractivity contribution >= 4 is 5.95 Å². The molecule has 33 heavy (non-hydrogen) atoms. The average molecular weight is 456 g/mol. The number of anilines is 1. The summed E-state index contributed by atoms with van der Waals surface area (Å²) in [5.41, 5.74) is 0.642. The van der Waals surface area contributed by atoms with Gasteiger partial charge in [0.1, 0.15) is 0 Å². The molecule has 0 spiro atoms. The predicted octanol–water partition coefficient (Wildman–Crippen LogP) is 3.05. The molecule has 0 saturated carbocycles. The molecule has 0 bridgehead atoms. The Bertz CT molecular complexity index is 1200. The van der Waals surface area contributed by atoms with Gasteiger partial charge in [-0.15, -0.1) is 0 Å². The first-order chi connectivity index (χ1) is 16.0. The van der Waals surface area contributed by atoms with Crippen LogP contribution in [0.4, 0.5) is 19.1 Å². The summed E-state index contributed by atoms with van der Waals surface area (Å²) in [5, 5.41) is 16.0. The third-order valence-corrected chi connectivity index (χ3v) is 5.41. The molecule has 9 nitrogen and oxygen atoms in total. The topological polar surface area (TPSA) is 89.0 Å². The first kappa shape index (κ1) is 21.1. The Morgan fingerprint density at radius 1 is 0.909 bits per heavy atom. The van der Waals surface area contributed by atoms with Crippen LogP contribution in [0.5, 0.6) is 0 Å². The number of tetrazole rings is 1. The van der Waals surface area contributed by atoms with E-state index in [1.54, 1.807) is 4.68 Å². The van der Waals surface area contributed by atoms with Crippen LogP contribution in [-0.4, -0.2) is 61.4 Å². The van der Waals surface area contributed by atoms with Crippen LogP contribution in [-0.2, 0) is 12.7 Å². The Balaban J connectivity index is 1.20. The van der Waals surface area contributed by atoms with E-state index in [1.165, 1.54) is 12.1 Å². The average Bonchev–Trinajstić information content (AvgIpc) is 3.50. The molecule has 4 aromatic rings. The number of alkyl halides is 3. The van der Waals surface area contributed by atoms with Crippen LogP contribution in [0.25, 0.3) is 17.1 Å². The zero-order valence-electron chi connectivity index (χ0n) is 17.4. The Morgan fingerprint density at radius 3 is 2.33 bits per heavy atom. The second-order valence-corrected chi connectivity index (χ2v) is 7.58. The van der Waals surface area contributed by atoms with Gasteiger partial charge in [0.05, 0.1) is 17.8 Å². The predicted molar refractivity (Wildman–Crippen MR) is 111 cm³/mol. The fourth-order valence-electron chi connectivity index (χ4n) is 3.66. The van der Waals surface area contributed by atoms with E-state index in [-0.39, 0.29) is 5.82 Å². The molecule has 0 radical (unpaired) electrons. The molecule has 0 aliphatic carbocycles. The van der Waals surface area contributed by atoms with Gasteiger partial charge in [-0.2, -0.15) is 22.8 Å². The van der Waals surface area contributed by atoms with Crippen molar-refractivity contribution in [2.45, 2.75) is 12.7 Å². The highest BCUT2D eigenvalue weighted by atomic mass is 19.4. The summed E-state index contributed by atoms with van der Waals surface area (Å²) in [5.74, 6) is 1.36. The number of rotatable bonds is 5. The van der Waals surface area contributed by atoms with Crippen molar-refractivity contribution in [1.82, 2.24) is 35.2 Å². The second kappa shape index (κ2) is 8.62. The standard InChI is InChI=1S/C21H19F3N8O/c22-21(23,24)16-8-6-15(7-9-16)19-25-18(33-27-19)14-30-10-12-31(13-11-30)20-26-28-29-32(20)17-4-2-1-3-5-17/h1-9H,10-14H2. The summed E-state index contributed by atoms with van der Waals surface area (Å²) >= 11 is 0. The lowest BCUT2D eigenvalue weighted by molar-refractivity contribution is -0.137. The van der Waals surface area contributed by atoms with Gasteiger partial charge in [-0.1, -0.05) is 40.6 Å². The molecule has 12 heteroatoms. The number of aromatic nitrogens is 6. The SMILES string of the molecule is FC(F)(F)c1ccc(-c2noc(CN3CCN(c4nnnn4-c4ccccc4)CC3)n2)cc1. The highest BCUT2D eigenvalue weighted by molar-refractivity contribution is 5.54. The van der Waals surface area contributed by atoms with Crippen molar-refractivity contribution in [2.75, 3.05) is 31.1 Å². The molecular formula is C21H19F3N8O. The van der Waals surface area contributed by atoms with Gasteiger partial charge in [-0.25, -0.2) is 0 Å². The molecule has 2 aromatic carbocycles. The van der Waals surface area contributed by atoms with E-state index in [0.717, 1.165) is 30.9 Å². The zero-order valence-corrected chi connectivity index (χ0v) is 17.4. The molecule has 170 valence electrons. The monoisotopic (exact) mass is 456 g/mol. The van der Waals surface area contributed by atoms with Crippen molar-refractivity contribution in [2.24, 2.45) is 0 Å². The van der Waals surface area contributed by atoms with Crippen LogP contribution in [0, 0.1) is 0 Å². The van der Waals surface area contributed by atoms with E-state index in [9.17, 15) is 13.2 Å². The van der Waals surface area contributed by atoms with E-state index in [1.807, 2.05) is 30.3 Å². The smallest absolute Gasteiger partial charge is 0.338 e. The fourth-order valence-corrected chi connectivity index (χ4v) is 3.66. The van der Waals surface area contributed by atoms with Crippen LogP contribution >= 0.6 is 0 Å². The summed E-state index contributed by atoms with van der Waals surface area (Å²) in [6.07, 6.45) is -4.38. The number of para-hydroxylation sites is 1. The minimum absolute atomic E-state index is 0.263. The van der Waals surface area contributed by atoms with Gasteiger partial charge in [-0.05, 0) is 34.7 Å². The molecule has 1 fully saturated rings. The molecule has 5 rings (SSSR count). The van der Waals surface area contributed by atoms with Crippen LogP contribution in [0.1, 0.15) is 11.5 Å². The molecule has 0 unspecified atom stereocenters. The molecule has 2 aromatic heterocycles. The summed E-state index contributed by atoms with van der Waals surface area (Å²) in [7, 11) is 0. The number of benzene rings is 2. The maximum atomic E-state index is 12.7. The van der Waals surface area contributed by atoms with Crippen LogP contribution in [0.2, 0.25) is 0 Å². The first-order valence-electron chi connectivity index (χ1n) is 10.3. The van der Waals surface area contributed by atoms with Crippen molar-refractivity contribution in [3.8, 4) is 17.1 Å². The van der Waals surface area contributed by atoms with E-state index in [4.69, 9.17) is 4.52 Å². The summed E-state index contributed by atoms with van der Waals surface area (Å²) < 4.78 is 45.3. The summed E-state index contributed by atoms with van der Waals surface area (Å²) in [4.78, 5) is 8.62. The van der Waals surface area contributed by atoms with E-state index in [2.05, 4.69) is 35.5 Å². The molecule has 0 N–H and O–H groups in total. The summed E-state index contributed by atoms with van der Waals surface area (Å²) in [6, 6.07) is 14.4. The van der Waals surface area contributed by atoms with E-state index < -0.39 is 11.7 Å². The fraction of sp³-hybridized carbons (Fsp3) is 0.286. The maximum absolute atomic E-state index is 12.7. The normalized spacial score (nSPS) is 15.2. The van der Waals surface area contributed by atoms with Gasteiger partial charge in [0.15, 0.2) is 0 Å². The van der Waals surface area contributed by atoms with Gasteiger partial charge in [-0.3, -0.25) is 4.90 Å². The lowest BCUT2D eigenvalue weighted by atomic mass is 10.1. The van der Waals surface area contributed by atoms with Crippen molar-refractivity contribution in [1.29, 1.82) is 0 Å². The molecular weight excluding hydrogens is 437 g/mol. The number of halogens is 3. The van der Waals surface area contributed by atoms with Gasteiger partial charge in [0.2, 0.25) is 17.7 Å². The lowest BCUT2D eigenvalue weighted by Gasteiger charge is -2.33. The largest absolute Gasteiger partial charge is 0.416 e.